The molecule has 2 aromatic rings. The Morgan fingerprint density at radius 3 is 2.50 bits per heavy atom. The summed E-state index contributed by atoms with van der Waals surface area (Å²) in [5.41, 5.74) is 1.15. The number of hydrogen-bond acceptors (Lipinski definition) is 7. The number of ether oxygens (including phenoxy) is 4. The SMILES string of the molecule is COc1cc2ccc1CNC(=O)CCc1ccc(OC)c(c1)OCC(=O)N[C@@H]1CN(C(=O)C(C)(C)C)CC[C@@H]1O2. The lowest BCUT2D eigenvalue weighted by Gasteiger charge is -2.41. The van der Waals surface area contributed by atoms with Gasteiger partial charge in [-0.2, -0.15) is 0 Å². The number of carbonyl (C=O) groups is 3. The van der Waals surface area contributed by atoms with Crippen LogP contribution in [0.25, 0.3) is 0 Å². The molecule has 3 aliphatic rings. The van der Waals surface area contributed by atoms with E-state index >= 15 is 0 Å². The van der Waals surface area contributed by atoms with Crippen molar-refractivity contribution < 1.29 is 33.3 Å². The van der Waals surface area contributed by atoms with E-state index in [0.29, 0.717) is 55.5 Å². The van der Waals surface area contributed by atoms with E-state index in [1.54, 1.807) is 30.2 Å². The molecule has 10 nitrogen and oxygen atoms in total. The van der Waals surface area contributed by atoms with E-state index in [0.717, 1.165) is 11.1 Å². The average Bonchev–Trinajstić information content (AvgIpc) is 2.93. The van der Waals surface area contributed by atoms with Crippen molar-refractivity contribution in [2.45, 2.75) is 58.7 Å². The molecule has 2 atom stereocenters. The molecule has 3 heterocycles. The Labute approximate surface area is 235 Å². The summed E-state index contributed by atoms with van der Waals surface area (Å²) < 4.78 is 23.2. The monoisotopic (exact) mass is 553 g/mol. The van der Waals surface area contributed by atoms with Crippen molar-refractivity contribution in [2.24, 2.45) is 5.41 Å². The van der Waals surface area contributed by atoms with Gasteiger partial charge < -0.3 is 34.5 Å². The smallest absolute Gasteiger partial charge is 0.258 e. The van der Waals surface area contributed by atoms with Crippen molar-refractivity contribution in [1.29, 1.82) is 0 Å². The van der Waals surface area contributed by atoms with Crippen molar-refractivity contribution in [1.82, 2.24) is 15.5 Å². The Morgan fingerprint density at radius 2 is 1.77 bits per heavy atom. The van der Waals surface area contributed by atoms with E-state index in [2.05, 4.69) is 10.6 Å². The first-order valence-corrected chi connectivity index (χ1v) is 13.6. The Kier molecular flexibility index (Phi) is 9.07. The van der Waals surface area contributed by atoms with Crippen LogP contribution in [0.1, 0.15) is 44.7 Å². The topological polar surface area (TPSA) is 115 Å². The maximum Gasteiger partial charge on any atom is 0.258 e. The zero-order valence-electron chi connectivity index (χ0n) is 23.9. The maximum absolute atomic E-state index is 13.1. The summed E-state index contributed by atoms with van der Waals surface area (Å²) in [6.07, 6.45) is 0.916. The van der Waals surface area contributed by atoms with E-state index in [-0.39, 0.29) is 36.9 Å². The third kappa shape index (κ3) is 7.16. The number of nitrogens with one attached hydrogen (secondary N) is 2. The van der Waals surface area contributed by atoms with Gasteiger partial charge in [-0.15, -0.1) is 0 Å². The molecule has 2 N–H and O–H groups in total. The van der Waals surface area contributed by atoms with Crippen LogP contribution in [0.4, 0.5) is 0 Å². The molecule has 0 unspecified atom stereocenters. The molecule has 1 saturated heterocycles. The Hall–Kier alpha value is -3.95. The zero-order valence-corrected chi connectivity index (χ0v) is 23.9. The molecule has 0 saturated carbocycles. The highest BCUT2D eigenvalue weighted by atomic mass is 16.5. The summed E-state index contributed by atoms with van der Waals surface area (Å²) >= 11 is 0. The fourth-order valence-electron chi connectivity index (χ4n) is 4.91. The lowest BCUT2D eigenvalue weighted by Crippen LogP contribution is -2.59. The highest BCUT2D eigenvalue weighted by molar-refractivity contribution is 5.82. The molecule has 4 bridgehead atoms. The molecule has 40 heavy (non-hydrogen) atoms. The summed E-state index contributed by atoms with van der Waals surface area (Å²) in [7, 11) is 3.10. The van der Waals surface area contributed by atoms with E-state index < -0.39 is 11.5 Å². The number of nitrogens with zero attached hydrogens (tertiary/aromatic N) is 1. The van der Waals surface area contributed by atoms with Crippen molar-refractivity contribution in [2.75, 3.05) is 33.9 Å². The normalized spacial score (nSPS) is 20.4. The van der Waals surface area contributed by atoms with Crippen molar-refractivity contribution in [3.05, 3.63) is 47.5 Å². The zero-order chi connectivity index (χ0) is 28.9. The van der Waals surface area contributed by atoms with Gasteiger partial charge in [0, 0.05) is 49.5 Å². The molecule has 0 spiro atoms. The van der Waals surface area contributed by atoms with Crippen LogP contribution < -0.4 is 29.6 Å². The van der Waals surface area contributed by atoms with E-state index in [4.69, 9.17) is 18.9 Å². The van der Waals surface area contributed by atoms with Gasteiger partial charge in [0.1, 0.15) is 17.6 Å². The lowest BCUT2D eigenvalue weighted by molar-refractivity contribution is -0.143. The van der Waals surface area contributed by atoms with Gasteiger partial charge in [-0.05, 0) is 36.2 Å². The molecule has 2 aromatic carbocycles. The average molecular weight is 554 g/mol. The molecule has 5 rings (SSSR count). The third-order valence-electron chi connectivity index (χ3n) is 7.07. The number of aryl methyl sites for hydroxylation is 1. The molecule has 3 aliphatic heterocycles. The van der Waals surface area contributed by atoms with Crippen LogP contribution in [-0.4, -0.2) is 68.7 Å². The highest BCUT2D eigenvalue weighted by Gasteiger charge is 2.37. The quantitative estimate of drug-likeness (QED) is 0.588. The van der Waals surface area contributed by atoms with E-state index in [9.17, 15) is 14.4 Å². The number of likely N-dealkylation sites (tertiary alicyclic amines) is 1. The number of piperidine rings is 1. The standard InChI is InChI=1S/C30H39N3O7/c1-30(2,3)29(36)33-13-12-23-22(17-33)32-28(35)18-39-26-14-19(6-10-24(26)37-4)7-11-27(34)31-16-20-8-9-21(40-23)15-25(20)38-5/h6,8-10,14-15,22-23H,7,11-13,16-18H2,1-5H3,(H,31,34)(H,32,35)/t22-,23+/m1/s1. The second kappa shape index (κ2) is 12.5. The van der Waals surface area contributed by atoms with Crippen LogP contribution in [0.15, 0.2) is 36.4 Å². The fraction of sp³-hybridized carbons (Fsp3) is 0.500. The minimum atomic E-state index is -0.546. The second-order valence-electron chi connectivity index (χ2n) is 11.1. The van der Waals surface area contributed by atoms with Gasteiger partial charge in [-0.1, -0.05) is 26.8 Å². The summed E-state index contributed by atoms with van der Waals surface area (Å²) in [6, 6.07) is 10.4. The van der Waals surface area contributed by atoms with Crippen LogP contribution in [0, 0.1) is 5.41 Å². The minimum Gasteiger partial charge on any atom is -0.496 e. The summed E-state index contributed by atoms with van der Waals surface area (Å²) in [4.78, 5) is 40.5. The largest absolute Gasteiger partial charge is 0.496 e. The van der Waals surface area contributed by atoms with Crippen molar-refractivity contribution in [3.63, 3.8) is 0 Å². The van der Waals surface area contributed by atoms with Gasteiger partial charge in [0.2, 0.25) is 11.8 Å². The van der Waals surface area contributed by atoms with Crippen LogP contribution >= 0.6 is 0 Å². The van der Waals surface area contributed by atoms with E-state index in [1.807, 2.05) is 39.0 Å². The van der Waals surface area contributed by atoms with Gasteiger partial charge in [0.05, 0.1) is 20.3 Å². The van der Waals surface area contributed by atoms with Crippen molar-refractivity contribution in [3.8, 4) is 23.0 Å². The molecule has 0 aliphatic carbocycles. The number of methoxy groups -OCH3 is 2. The number of fused-ring (bicyclic) bond motifs is 9. The van der Waals surface area contributed by atoms with Gasteiger partial charge in [0.25, 0.3) is 5.91 Å². The Balaban J connectivity index is 1.63. The Morgan fingerprint density at radius 1 is 1.00 bits per heavy atom. The maximum atomic E-state index is 13.1. The summed E-state index contributed by atoms with van der Waals surface area (Å²) in [5, 5.41) is 5.98. The van der Waals surface area contributed by atoms with Crippen LogP contribution in [0.5, 0.6) is 23.0 Å². The molecule has 216 valence electrons. The van der Waals surface area contributed by atoms with Gasteiger partial charge >= 0.3 is 0 Å². The molecule has 0 aromatic heterocycles. The number of carbonyl (C=O) groups excluding carboxylic acids is 3. The fourth-order valence-corrected chi connectivity index (χ4v) is 4.91. The third-order valence-corrected chi connectivity index (χ3v) is 7.07. The lowest BCUT2D eigenvalue weighted by atomic mass is 9.92. The molecule has 1 fully saturated rings. The first kappa shape index (κ1) is 29.0. The molecular weight excluding hydrogens is 514 g/mol. The number of hydrogen-bond donors (Lipinski definition) is 2. The van der Waals surface area contributed by atoms with Gasteiger partial charge in [-0.25, -0.2) is 0 Å². The van der Waals surface area contributed by atoms with Crippen LogP contribution in [0.3, 0.4) is 0 Å². The van der Waals surface area contributed by atoms with Crippen LogP contribution in [-0.2, 0) is 27.3 Å². The summed E-state index contributed by atoms with van der Waals surface area (Å²) in [5.74, 6) is 1.63. The first-order valence-electron chi connectivity index (χ1n) is 13.6. The Bertz CT molecular complexity index is 1240. The number of amides is 3. The predicted octanol–water partition coefficient (Wildman–Crippen LogP) is 2.86. The van der Waals surface area contributed by atoms with Gasteiger partial charge in [-0.3, -0.25) is 14.4 Å². The minimum absolute atomic E-state index is 0.0154. The molecule has 10 heteroatoms. The predicted molar refractivity (Wildman–Crippen MR) is 149 cm³/mol. The number of rotatable bonds is 2. The first-order chi connectivity index (χ1) is 19.1. The molecular formula is C30H39N3O7. The highest BCUT2D eigenvalue weighted by Crippen LogP contribution is 2.30. The summed E-state index contributed by atoms with van der Waals surface area (Å²) in [6.45, 7) is 6.53. The number of benzene rings is 2. The van der Waals surface area contributed by atoms with Crippen LogP contribution in [0.2, 0.25) is 0 Å². The van der Waals surface area contributed by atoms with Crippen molar-refractivity contribution >= 4 is 17.7 Å². The molecule has 3 amide bonds. The van der Waals surface area contributed by atoms with E-state index in [1.165, 1.54) is 7.11 Å². The second-order valence-corrected chi connectivity index (χ2v) is 11.1. The molecule has 0 radical (unpaired) electrons. The van der Waals surface area contributed by atoms with Gasteiger partial charge in [0.15, 0.2) is 18.1 Å².